The van der Waals surface area contributed by atoms with Crippen LogP contribution in [0.25, 0.3) is 0 Å². The fourth-order valence-corrected chi connectivity index (χ4v) is 5.63. The van der Waals surface area contributed by atoms with Gasteiger partial charge in [-0.3, -0.25) is 9.69 Å². The van der Waals surface area contributed by atoms with E-state index in [0.29, 0.717) is 29.2 Å². The first-order valence-corrected chi connectivity index (χ1v) is 12.9. The lowest BCUT2D eigenvalue weighted by atomic mass is 9.98. The van der Waals surface area contributed by atoms with E-state index in [4.69, 9.17) is 4.74 Å². The fourth-order valence-electron chi connectivity index (χ4n) is 3.96. The summed E-state index contributed by atoms with van der Waals surface area (Å²) in [4.78, 5) is 26.6. The molecule has 34 heavy (non-hydrogen) atoms. The predicted octanol–water partition coefficient (Wildman–Crippen LogP) is 3.86. The smallest absolute Gasteiger partial charge is 0.321 e. The molecule has 0 unspecified atom stereocenters. The molecule has 0 aliphatic carbocycles. The van der Waals surface area contributed by atoms with Gasteiger partial charge in [-0.2, -0.15) is 4.31 Å². The van der Waals surface area contributed by atoms with E-state index in [2.05, 4.69) is 5.32 Å². The third-order valence-corrected chi connectivity index (χ3v) is 7.95. The zero-order valence-electron chi connectivity index (χ0n) is 20.4. The van der Waals surface area contributed by atoms with Crippen LogP contribution in [0.4, 0.5) is 10.5 Å². The third kappa shape index (κ3) is 5.95. The summed E-state index contributed by atoms with van der Waals surface area (Å²) in [5.74, 6) is -0.358. The number of nitrogens with zero attached hydrogens (tertiary/aromatic N) is 2. The van der Waals surface area contributed by atoms with Gasteiger partial charge in [0.15, 0.2) is 0 Å². The quantitative estimate of drug-likeness (QED) is 0.493. The Balaban J connectivity index is 1.57. The summed E-state index contributed by atoms with van der Waals surface area (Å²) < 4.78 is 33.1. The van der Waals surface area contributed by atoms with Gasteiger partial charge in [-0.25, -0.2) is 13.2 Å². The molecule has 0 aromatic heterocycles. The Morgan fingerprint density at radius 1 is 1.06 bits per heavy atom. The van der Waals surface area contributed by atoms with Crippen molar-refractivity contribution < 1.29 is 22.7 Å². The maximum Gasteiger partial charge on any atom is 0.321 e. The molecule has 0 atom stereocenters. The van der Waals surface area contributed by atoms with Crippen molar-refractivity contribution in [1.29, 1.82) is 0 Å². The van der Waals surface area contributed by atoms with Gasteiger partial charge in [0.25, 0.3) is 0 Å². The number of sulfonamides is 1. The van der Waals surface area contributed by atoms with Crippen LogP contribution < -0.4 is 15.0 Å². The summed E-state index contributed by atoms with van der Waals surface area (Å²) in [5.41, 5.74) is 2.40. The molecule has 9 heteroatoms. The number of hydrogen-bond donors (Lipinski definition) is 1. The molecule has 1 heterocycles. The third-order valence-electron chi connectivity index (χ3n) is 5.89. The van der Waals surface area contributed by atoms with Crippen molar-refractivity contribution >= 4 is 27.7 Å². The first-order chi connectivity index (χ1) is 16.0. The van der Waals surface area contributed by atoms with Gasteiger partial charge in [-0.1, -0.05) is 17.7 Å². The molecule has 8 nitrogen and oxygen atoms in total. The number of hydrogen-bond acceptors (Lipinski definition) is 5. The first kappa shape index (κ1) is 25.7. The summed E-state index contributed by atoms with van der Waals surface area (Å²) in [6.07, 6.45) is 0.804. The highest BCUT2D eigenvalue weighted by Gasteiger charge is 2.33. The van der Waals surface area contributed by atoms with Crippen LogP contribution in [0.5, 0.6) is 5.75 Å². The molecule has 184 valence electrons. The van der Waals surface area contributed by atoms with Gasteiger partial charge in [-0.15, -0.1) is 0 Å². The average molecular weight is 488 g/mol. The Kier molecular flexibility index (Phi) is 7.99. The van der Waals surface area contributed by atoms with E-state index in [0.717, 1.165) is 11.1 Å². The van der Waals surface area contributed by atoms with E-state index in [9.17, 15) is 18.0 Å². The van der Waals surface area contributed by atoms with E-state index in [1.54, 1.807) is 50.4 Å². The van der Waals surface area contributed by atoms with E-state index in [1.165, 1.54) is 9.21 Å². The molecule has 1 saturated heterocycles. The van der Waals surface area contributed by atoms with Crippen molar-refractivity contribution in [3.8, 4) is 5.75 Å². The second-order valence-corrected chi connectivity index (χ2v) is 10.9. The number of rotatable bonds is 6. The van der Waals surface area contributed by atoms with Crippen LogP contribution in [0, 0.1) is 19.8 Å². The maximum absolute atomic E-state index is 13.1. The molecule has 1 aliphatic rings. The monoisotopic (exact) mass is 487 g/mol. The lowest BCUT2D eigenvalue weighted by Gasteiger charge is -2.30. The molecule has 0 spiro atoms. The van der Waals surface area contributed by atoms with E-state index >= 15 is 0 Å². The Morgan fingerprint density at radius 3 is 2.24 bits per heavy atom. The number of nitrogens with one attached hydrogen (secondary N) is 1. The zero-order chi connectivity index (χ0) is 25.0. The SMILES string of the molecule is Cc1ccc(S(=O)(=O)N2CCC(C(=O)Oc3ccc(N(C)C(=O)NC(C)C)cc3)CC2)c(C)c1. The molecule has 1 fully saturated rings. The van der Waals surface area contributed by atoms with Crippen LogP contribution in [0.1, 0.15) is 37.8 Å². The summed E-state index contributed by atoms with van der Waals surface area (Å²) in [5, 5.41) is 2.82. The maximum atomic E-state index is 13.1. The molecule has 1 aliphatic heterocycles. The van der Waals surface area contributed by atoms with Crippen LogP contribution in [0.3, 0.4) is 0 Å². The van der Waals surface area contributed by atoms with Gasteiger partial charge in [0.1, 0.15) is 5.75 Å². The summed E-state index contributed by atoms with van der Waals surface area (Å²) >= 11 is 0. The molecule has 2 aromatic carbocycles. The van der Waals surface area contributed by atoms with Crippen molar-refractivity contribution in [3.63, 3.8) is 0 Å². The minimum Gasteiger partial charge on any atom is -0.426 e. The van der Waals surface area contributed by atoms with Crippen molar-refractivity contribution in [3.05, 3.63) is 53.6 Å². The van der Waals surface area contributed by atoms with Gasteiger partial charge in [0.05, 0.1) is 10.8 Å². The Hall–Kier alpha value is -2.91. The molecule has 0 bridgehead atoms. The highest BCUT2D eigenvalue weighted by molar-refractivity contribution is 7.89. The van der Waals surface area contributed by atoms with Crippen molar-refractivity contribution in [2.24, 2.45) is 5.92 Å². The normalized spacial score (nSPS) is 15.2. The summed E-state index contributed by atoms with van der Waals surface area (Å²) in [7, 11) is -1.94. The number of ether oxygens (including phenoxy) is 1. The van der Waals surface area contributed by atoms with E-state index in [-0.39, 0.29) is 37.0 Å². The Bertz CT molecular complexity index is 1140. The van der Waals surface area contributed by atoms with Crippen LogP contribution in [0.2, 0.25) is 0 Å². The lowest BCUT2D eigenvalue weighted by molar-refractivity contribution is -0.140. The average Bonchev–Trinajstić information content (AvgIpc) is 2.78. The molecule has 1 N–H and O–H groups in total. The molecule has 0 radical (unpaired) electrons. The van der Waals surface area contributed by atoms with Gasteiger partial charge in [0.2, 0.25) is 10.0 Å². The number of carbonyl (C=O) groups is 2. The standard InChI is InChI=1S/C25H33N3O5S/c1-17(2)26-25(30)27(5)21-7-9-22(10-8-21)33-24(29)20-12-14-28(15-13-20)34(31,32)23-11-6-18(3)16-19(23)4/h6-11,16-17,20H,12-15H2,1-5H3,(H,26,30). The van der Waals surface area contributed by atoms with Gasteiger partial charge in [-0.05, 0) is 76.4 Å². The lowest BCUT2D eigenvalue weighted by Crippen LogP contribution is -2.41. The number of amides is 2. The number of piperidine rings is 1. The number of carbonyl (C=O) groups excluding carboxylic acids is 2. The van der Waals surface area contributed by atoms with Crippen LogP contribution in [-0.2, 0) is 14.8 Å². The van der Waals surface area contributed by atoms with Crippen molar-refractivity contribution in [1.82, 2.24) is 9.62 Å². The molecule has 3 rings (SSSR count). The fraction of sp³-hybridized carbons (Fsp3) is 0.440. The molecule has 2 amide bonds. The van der Waals surface area contributed by atoms with E-state index < -0.39 is 10.0 Å². The van der Waals surface area contributed by atoms with Crippen molar-refractivity contribution in [2.75, 3.05) is 25.0 Å². The highest BCUT2D eigenvalue weighted by Crippen LogP contribution is 2.28. The number of aryl methyl sites for hydroxylation is 2. The molecule has 0 saturated carbocycles. The summed E-state index contributed by atoms with van der Waals surface area (Å²) in [6.45, 7) is 8.03. The number of anilines is 1. The molecular weight excluding hydrogens is 454 g/mol. The van der Waals surface area contributed by atoms with Gasteiger partial charge >= 0.3 is 12.0 Å². The minimum absolute atomic E-state index is 0.0255. The highest BCUT2D eigenvalue weighted by atomic mass is 32.2. The number of benzene rings is 2. The first-order valence-electron chi connectivity index (χ1n) is 11.4. The zero-order valence-corrected chi connectivity index (χ0v) is 21.2. The summed E-state index contributed by atoms with van der Waals surface area (Å²) in [6, 6.07) is 11.8. The number of urea groups is 1. The molecular formula is C25H33N3O5S. The molecule has 2 aromatic rings. The Morgan fingerprint density at radius 2 is 1.68 bits per heavy atom. The van der Waals surface area contributed by atoms with Gasteiger partial charge < -0.3 is 10.1 Å². The topological polar surface area (TPSA) is 96.0 Å². The van der Waals surface area contributed by atoms with Crippen LogP contribution in [0.15, 0.2) is 47.4 Å². The Labute approximate surface area is 201 Å². The van der Waals surface area contributed by atoms with E-state index in [1.807, 2.05) is 26.8 Å². The minimum atomic E-state index is -3.60. The largest absolute Gasteiger partial charge is 0.426 e. The number of esters is 1. The van der Waals surface area contributed by atoms with Crippen LogP contribution in [-0.4, -0.2) is 50.9 Å². The second-order valence-electron chi connectivity index (χ2n) is 9.03. The van der Waals surface area contributed by atoms with Crippen molar-refractivity contribution in [2.45, 2.75) is 51.5 Å². The van der Waals surface area contributed by atoms with Gasteiger partial charge in [0, 0.05) is 31.9 Å². The van der Waals surface area contributed by atoms with Crippen LogP contribution >= 0.6 is 0 Å². The second kappa shape index (κ2) is 10.6. The predicted molar refractivity (Wildman–Crippen MR) is 132 cm³/mol.